The molecule has 1 amide bonds. The summed E-state index contributed by atoms with van der Waals surface area (Å²) in [5.74, 6) is 0.116. The highest BCUT2D eigenvalue weighted by Gasteiger charge is 2.26. The van der Waals surface area contributed by atoms with Crippen molar-refractivity contribution in [1.29, 1.82) is 0 Å². The van der Waals surface area contributed by atoms with E-state index in [9.17, 15) is 4.79 Å². The van der Waals surface area contributed by atoms with Gasteiger partial charge in [-0.05, 0) is 44.0 Å². The van der Waals surface area contributed by atoms with Gasteiger partial charge in [0.2, 0.25) is 0 Å². The predicted octanol–water partition coefficient (Wildman–Crippen LogP) is 3.74. The number of rotatable bonds is 3. The molecule has 1 unspecified atom stereocenters. The van der Waals surface area contributed by atoms with Crippen LogP contribution < -0.4 is 4.90 Å². The number of aryl methyl sites for hydroxylation is 1. The smallest absolute Gasteiger partial charge is 0.253 e. The third-order valence-electron chi connectivity index (χ3n) is 4.68. The number of amides is 1. The van der Waals surface area contributed by atoms with Crippen molar-refractivity contribution in [2.24, 2.45) is 0 Å². The van der Waals surface area contributed by atoms with E-state index < -0.39 is 0 Å². The summed E-state index contributed by atoms with van der Waals surface area (Å²) >= 11 is 0. The number of para-hydroxylation sites is 1. The Balaban J connectivity index is 1.70. The Morgan fingerprint density at radius 2 is 1.78 bits per heavy atom. The van der Waals surface area contributed by atoms with Gasteiger partial charge in [-0.25, -0.2) is 0 Å². The molecule has 0 spiro atoms. The average molecular weight is 308 g/mol. The molecule has 1 fully saturated rings. The minimum Gasteiger partial charge on any atom is -0.369 e. The third kappa shape index (κ3) is 3.55. The Morgan fingerprint density at radius 1 is 1.09 bits per heavy atom. The molecule has 1 heterocycles. The molecule has 1 aliphatic heterocycles. The zero-order valence-electron chi connectivity index (χ0n) is 13.9. The molecule has 0 bridgehead atoms. The minimum atomic E-state index is 0.116. The van der Waals surface area contributed by atoms with Crippen molar-refractivity contribution in [1.82, 2.24) is 4.90 Å². The summed E-state index contributed by atoms with van der Waals surface area (Å²) in [6.45, 7) is 4.00. The lowest BCUT2D eigenvalue weighted by Crippen LogP contribution is -2.48. The van der Waals surface area contributed by atoms with Crippen molar-refractivity contribution in [2.45, 2.75) is 25.8 Å². The number of carbonyl (C=O) groups excluding carboxylic acids is 1. The van der Waals surface area contributed by atoms with E-state index in [2.05, 4.69) is 29.2 Å². The van der Waals surface area contributed by atoms with Crippen LogP contribution in [0.2, 0.25) is 0 Å². The largest absolute Gasteiger partial charge is 0.369 e. The van der Waals surface area contributed by atoms with Crippen LogP contribution in [0.25, 0.3) is 0 Å². The standard InChI is InChI=1S/C20H24N2O/c1-16-10-12-17(13-11-16)20(23)21(2)19-9-6-14-22(15-19)18-7-4-3-5-8-18/h3-5,7-8,10-13,19H,6,9,14-15H2,1-2H3. The van der Waals surface area contributed by atoms with Gasteiger partial charge in [-0.1, -0.05) is 35.9 Å². The van der Waals surface area contributed by atoms with Crippen LogP contribution in [-0.2, 0) is 0 Å². The number of hydrogen-bond donors (Lipinski definition) is 0. The van der Waals surface area contributed by atoms with Crippen LogP contribution in [0.4, 0.5) is 5.69 Å². The van der Waals surface area contributed by atoms with Gasteiger partial charge in [0.15, 0.2) is 0 Å². The minimum absolute atomic E-state index is 0.116. The van der Waals surface area contributed by atoms with Gasteiger partial charge in [0.25, 0.3) is 5.91 Å². The molecule has 3 heteroatoms. The zero-order valence-corrected chi connectivity index (χ0v) is 13.9. The molecule has 0 aliphatic carbocycles. The fourth-order valence-electron chi connectivity index (χ4n) is 3.21. The summed E-state index contributed by atoms with van der Waals surface area (Å²) in [6.07, 6.45) is 2.18. The van der Waals surface area contributed by atoms with E-state index in [1.54, 1.807) is 0 Å². The van der Waals surface area contributed by atoms with Gasteiger partial charge in [-0.2, -0.15) is 0 Å². The first-order chi connectivity index (χ1) is 11.1. The number of carbonyl (C=O) groups is 1. The third-order valence-corrected chi connectivity index (χ3v) is 4.68. The maximum absolute atomic E-state index is 12.7. The van der Waals surface area contributed by atoms with E-state index in [1.165, 1.54) is 11.3 Å². The van der Waals surface area contributed by atoms with Crippen LogP contribution in [-0.4, -0.2) is 37.0 Å². The Hall–Kier alpha value is -2.29. The Kier molecular flexibility index (Phi) is 4.65. The number of piperidine rings is 1. The van der Waals surface area contributed by atoms with Gasteiger partial charge in [-0.3, -0.25) is 4.79 Å². The molecular weight excluding hydrogens is 284 g/mol. The second-order valence-electron chi connectivity index (χ2n) is 6.36. The maximum atomic E-state index is 12.7. The van der Waals surface area contributed by atoms with Crippen molar-refractivity contribution < 1.29 is 4.79 Å². The summed E-state index contributed by atoms with van der Waals surface area (Å²) in [5.41, 5.74) is 3.19. The lowest BCUT2D eigenvalue weighted by atomic mass is 10.0. The molecule has 120 valence electrons. The molecule has 3 rings (SSSR count). The van der Waals surface area contributed by atoms with Gasteiger partial charge >= 0.3 is 0 Å². The van der Waals surface area contributed by atoms with Crippen molar-refractivity contribution in [2.75, 3.05) is 25.0 Å². The molecule has 0 aromatic heterocycles. The van der Waals surface area contributed by atoms with Crippen molar-refractivity contribution >= 4 is 11.6 Å². The van der Waals surface area contributed by atoms with Crippen LogP contribution in [0.1, 0.15) is 28.8 Å². The second kappa shape index (κ2) is 6.86. The Bertz CT molecular complexity index is 651. The first-order valence-electron chi connectivity index (χ1n) is 8.29. The first kappa shape index (κ1) is 15.6. The molecule has 1 aliphatic rings. The molecule has 1 atom stereocenters. The quantitative estimate of drug-likeness (QED) is 0.862. The average Bonchev–Trinajstić information content (AvgIpc) is 2.62. The topological polar surface area (TPSA) is 23.6 Å². The van der Waals surface area contributed by atoms with Gasteiger partial charge in [0.05, 0.1) is 0 Å². The summed E-state index contributed by atoms with van der Waals surface area (Å²) < 4.78 is 0. The number of nitrogens with zero attached hydrogens (tertiary/aromatic N) is 2. The van der Waals surface area contributed by atoms with Gasteiger partial charge in [0.1, 0.15) is 0 Å². The predicted molar refractivity (Wildman–Crippen MR) is 94.9 cm³/mol. The van der Waals surface area contributed by atoms with E-state index in [0.717, 1.165) is 31.5 Å². The fourth-order valence-corrected chi connectivity index (χ4v) is 3.21. The van der Waals surface area contributed by atoms with E-state index in [-0.39, 0.29) is 11.9 Å². The molecule has 0 saturated carbocycles. The SMILES string of the molecule is Cc1ccc(C(=O)N(C)C2CCCN(c3ccccc3)C2)cc1. The van der Waals surface area contributed by atoms with Crippen LogP contribution in [0.5, 0.6) is 0 Å². The highest BCUT2D eigenvalue weighted by molar-refractivity contribution is 5.94. The van der Waals surface area contributed by atoms with E-state index in [0.29, 0.717) is 0 Å². The maximum Gasteiger partial charge on any atom is 0.253 e. The number of benzene rings is 2. The summed E-state index contributed by atoms with van der Waals surface area (Å²) in [6, 6.07) is 18.6. The van der Waals surface area contributed by atoms with Crippen molar-refractivity contribution in [3.05, 3.63) is 65.7 Å². The lowest BCUT2D eigenvalue weighted by Gasteiger charge is -2.39. The fraction of sp³-hybridized carbons (Fsp3) is 0.350. The molecule has 1 saturated heterocycles. The van der Waals surface area contributed by atoms with Crippen molar-refractivity contribution in [3.8, 4) is 0 Å². The van der Waals surface area contributed by atoms with E-state index >= 15 is 0 Å². The summed E-state index contributed by atoms with van der Waals surface area (Å²) in [5, 5.41) is 0. The van der Waals surface area contributed by atoms with E-state index in [4.69, 9.17) is 0 Å². The molecule has 0 N–H and O–H groups in total. The molecule has 23 heavy (non-hydrogen) atoms. The second-order valence-corrected chi connectivity index (χ2v) is 6.36. The van der Waals surface area contributed by atoms with Crippen LogP contribution >= 0.6 is 0 Å². The van der Waals surface area contributed by atoms with Crippen LogP contribution in [0.15, 0.2) is 54.6 Å². The Morgan fingerprint density at radius 3 is 2.48 bits per heavy atom. The lowest BCUT2D eigenvalue weighted by molar-refractivity contribution is 0.0717. The summed E-state index contributed by atoms with van der Waals surface area (Å²) in [4.78, 5) is 17.0. The molecular formula is C20H24N2O. The molecule has 2 aromatic carbocycles. The normalized spacial score (nSPS) is 17.8. The monoisotopic (exact) mass is 308 g/mol. The van der Waals surface area contributed by atoms with Gasteiger partial charge < -0.3 is 9.80 Å². The van der Waals surface area contributed by atoms with Crippen molar-refractivity contribution in [3.63, 3.8) is 0 Å². The number of anilines is 1. The number of likely N-dealkylation sites (N-methyl/N-ethyl adjacent to an activating group) is 1. The van der Waals surface area contributed by atoms with Gasteiger partial charge in [-0.15, -0.1) is 0 Å². The van der Waals surface area contributed by atoms with Crippen LogP contribution in [0.3, 0.4) is 0 Å². The first-order valence-corrected chi connectivity index (χ1v) is 8.29. The summed E-state index contributed by atoms with van der Waals surface area (Å²) in [7, 11) is 1.93. The highest BCUT2D eigenvalue weighted by Crippen LogP contribution is 2.22. The van der Waals surface area contributed by atoms with E-state index in [1.807, 2.05) is 49.2 Å². The number of hydrogen-bond acceptors (Lipinski definition) is 2. The Labute approximate surface area is 138 Å². The zero-order chi connectivity index (χ0) is 16.2. The van der Waals surface area contributed by atoms with Crippen LogP contribution in [0, 0.1) is 6.92 Å². The van der Waals surface area contributed by atoms with Gasteiger partial charge in [0, 0.05) is 37.4 Å². The molecule has 3 nitrogen and oxygen atoms in total. The molecule has 0 radical (unpaired) electrons. The molecule has 2 aromatic rings. The highest BCUT2D eigenvalue weighted by atomic mass is 16.2.